The second-order valence-electron chi connectivity index (χ2n) is 21.1. The third-order valence-electron chi connectivity index (χ3n) is 16.2. The molecule has 0 aliphatic rings. The van der Waals surface area contributed by atoms with Gasteiger partial charge in [-0.1, -0.05) is 133 Å². The van der Waals surface area contributed by atoms with Gasteiger partial charge >= 0.3 is 0 Å². The molecular weight excluding hydrogens is 969 g/mol. The van der Waals surface area contributed by atoms with Crippen LogP contribution in [0.15, 0.2) is 204 Å². The highest BCUT2D eigenvalue weighted by molar-refractivity contribution is 7.99. The minimum atomic E-state index is -0.548. The molecule has 0 N–H and O–H groups in total. The van der Waals surface area contributed by atoms with Crippen LogP contribution in [-0.2, 0) is 10.8 Å². The van der Waals surface area contributed by atoms with E-state index in [1.807, 2.05) is 133 Å². The van der Waals surface area contributed by atoms with Gasteiger partial charge < -0.3 is 18.9 Å². The van der Waals surface area contributed by atoms with Crippen molar-refractivity contribution in [1.82, 2.24) is 0 Å². The summed E-state index contributed by atoms with van der Waals surface area (Å²) in [6.45, 7) is 21.9. The summed E-state index contributed by atoms with van der Waals surface area (Å²) in [6.07, 6.45) is 5.52. The van der Waals surface area contributed by atoms with E-state index in [1.165, 1.54) is 5.56 Å². The van der Waals surface area contributed by atoms with Crippen LogP contribution in [0.3, 0.4) is 0 Å². The Morgan fingerprint density at radius 1 is 0.351 bits per heavy atom. The van der Waals surface area contributed by atoms with Gasteiger partial charge in [-0.05, 0) is 208 Å². The predicted molar refractivity (Wildman–Crippen MR) is 316 cm³/mol. The molecule has 396 valence electrons. The Morgan fingerprint density at radius 3 is 1.04 bits per heavy atom. The second-order valence-corrected chi connectivity index (χ2v) is 22.3. The van der Waals surface area contributed by atoms with Gasteiger partial charge in [0.2, 0.25) is 0 Å². The molecule has 0 saturated carbocycles. The smallest absolute Gasteiger partial charge is 0.193 e. The van der Waals surface area contributed by atoms with Gasteiger partial charge in [-0.3, -0.25) is 9.59 Å². The third kappa shape index (κ3) is 12.9. The van der Waals surface area contributed by atoms with Crippen molar-refractivity contribution in [2.45, 2.75) is 140 Å². The van der Waals surface area contributed by atoms with E-state index >= 15 is 0 Å². The van der Waals surface area contributed by atoms with Crippen LogP contribution in [-0.4, -0.2) is 22.8 Å². The molecule has 0 aromatic heterocycles. The molecule has 0 spiro atoms. The van der Waals surface area contributed by atoms with Crippen LogP contribution >= 0.6 is 11.8 Å². The zero-order valence-corrected chi connectivity index (χ0v) is 47.4. The summed E-state index contributed by atoms with van der Waals surface area (Å²) in [4.78, 5) is 29.4. The van der Waals surface area contributed by atoms with Gasteiger partial charge in [0.1, 0.15) is 45.7 Å². The van der Waals surface area contributed by atoms with Crippen LogP contribution in [0.5, 0.6) is 34.5 Å². The van der Waals surface area contributed by atoms with Crippen LogP contribution < -0.4 is 18.9 Å². The Labute approximate surface area is 462 Å². The molecule has 0 saturated heterocycles. The summed E-state index contributed by atoms with van der Waals surface area (Å²) in [7, 11) is 0. The van der Waals surface area contributed by atoms with Gasteiger partial charge in [0.05, 0.1) is 0 Å². The van der Waals surface area contributed by atoms with Crippen molar-refractivity contribution in [3.63, 3.8) is 0 Å². The first-order valence-electron chi connectivity index (χ1n) is 27.4. The minimum Gasteiger partial charge on any atom is -0.488 e. The Bertz CT molecular complexity index is 3190. The lowest BCUT2D eigenvalue weighted by Gasteiger charge is -2.48. The van der Waals surface area contributed by atoms with Crippen molar-refractivity contribution in [2.24, 2.45) is 0 Å². The third-order valence-corrected chi connectivity index (χ3v) is 17.2. The summed E-state index contributed by atoms with van der Waals surface area (Å²) in [5.74, 6) is 4.37. The monoisotopic (exact) mass is 1040 g/mol. The quantitative estimate of drug-likeness (QED) is 0.0558. The first-order chi connectivity index (χ1) is 37.0. The average Bonchev–Trinajstić information content (AvgIpc) is 3.48. The Hall–Kier alpha value is -7.35. The van der Waals surface area contributed by atoms with Gasteiger partial charge in [0.25, 0.3) is 0 Å². The molecular formula is C70H74O6S. The van der Waals surface area contributed by atoms with E-state index in [0.717, 1.165) is 82.3 Å². The standard InChI is InChI=1S/C70H74O6S/c1-11-67(7,8)75-61-43-47-64(48-44-61)77-63-45-41-60(42-46-63)74-59-37-27-54(28-38-59)66(72)52-19-31-56(32-20-52)70(15-5,16-6)69(10,14-4)76-62-39-23-50(24-40-62)49-21-33-57(34-22-49)73-58-35-25-53(26-36-58)65(71)51-17-29-55(30-18-51)68(9,12-2)13-3/h17-48H,11-16H2,1-10H3. The molecule has 0 bridgehead atoms. The fourth-order valence-corrected chi connectivity index (χ4v) is 11.0. The van der Waals surface area contributed by atoms with Crippen molar-refractivity contribution in [2.75, 3.05) is 0 Å². The number of hydrogen-bond acceptors (Lipinski definition) is 7. The van der Waals surface area contributed by atoms with Crippen molar-refractivity contribution in [1.29, 1.82) is 0 Å². The Balaban J connectivity index is 0.852. The van der Waals surface area contributed by atoms with Gasteiger partial charge in [-0.25, -0.2) is 0 Å². The molecule has 1 atom stereocenters. The number of carbonyl (C=O) groups is 2. The Kier molecular flexibility index (Phi) is 17.6. The van der Waals surface area contributed by atoms with Gasteiger partial charge in [-0.2, -0.15) is 0 Å². The number of rotatable bonds is 24. The summed E-state index contributed by atoms with van der Waals surface area (Å²) < 4.78 is 25.5. The van der Waals surface area contributed by atoms with E-state index in [1.54, 1.807) is 11.8 Å². The molecule has 8 aromatic carbocycles. The summed E-state index contributed by atoms with van der Waals surface area (Å²) in [5.41, 5.74) is 6.10. The van der Waals surface area contributed by atoms with Gasteiger partial charge in [0, 0.05) is 37.5 Å². The first-order valence-corrected chi connectivity index (χ1v) is 28.2. The van der Waals surface area contributed by atoms with Crippen molar-refractivity contribution >= 4 is 23.3 Å². The fourth-order valence-electron chi connectivity index (χ4n) is 10.2. The molecule has 0 fully saturated rings. The molecule has 0 aliphatic carbocycles. The number of ether oxygens (including phenoxy) is 4. The molecule has 77 heavy (non-hydrogen) atoms. The number of hydrogen-bond donors (Lipinski definition) is 0. The Morgan fingerprint density at radius 2 is 0.675 bits per heavy atom. The zero-order valence-electron chi connectivity index (χ0n) is 46.6. The highest BCUT2D eigenvalue weighted by atomic mass is 32.2. The van der Waals surface area contributed by atoms with E-state index in [-0.39, 0.29) is 28.0 Å². The van der Waals surface area contributed by atoms with Crippen LogP contribution in [0.2, 0.25) is 0 Å². The topological polar surface area (TPSA) is 71.1 Å². The maximum Gasteiger partial charge on any atom is 0.193 e. The number of carbonyl (C=O) groups excluding carboxylic acids is 2. The van der Waals surface area contributed by atoms with Crippen LogP contribution in [0, 0.1) is 0 Å². The predicted octanol–water partition coefficient (Wildman–Crippen LogP) is 19.5. The lowest BCUT2D eigenvalue weighted by molar-refractivity contribution is -0.00826. The lowest BCUT2D eigenvalue weighted by Crippen LogP contribution is -2.52. The van der Waals surface area contributed by atoms with Gasteiger partial charge in [0.15, 0.2) is 11.6 Å². The summed E-state index contributed by atoms with van der Waals surface area (Å²) in [5, 5.41) is 0. The maximum atomic E-state index is 13.8. The van der Waals surface area contributed by atoms with Crippen LogP contribution in [0.1, 0.15) is 151 Å². The van der Waals surface area contributed by atoms with Crippen molar-refractivity contribution < 1.29 is 28.5 Å². The van der Waals surface area contributed by atoms with Crippen molar-refractivity contribution in [3.05, 3.63) is 228 Å². The van der Waals surface area contributed by atoms with Crippen LogP contribution in [0.4, 0.5) is 0 Å². The minimum absolute atomic E-state index is 0.00538. The summed E-state index contributed by atoms with van der Waals surface area (Å²) in [6, 6.07) is 63.4. The van der Waals surface area contributed by atoms with Gasteiger partial charge in [-0.15, -0.1) is 0 Å². The molecule has 0 heterocycles. The average molecular weight is 1040 g/mol. The molecule has 0 amide bonds. The highest BCUT2D eigenvalue weighted by Gasteiger charge is 2.48. The van der Waals surface area contributed by atoms with Crippen LogP contribution in [0.25, 0.3) is 11.1 Å². The molecule has 8 rings (SSSR count). The SMILES string of the molecule is CCC(C)(C)Oc1ccc(Sc2ccc(Oc3ccc(C(=O)c4ccc(C(CC)(CC)C(C)(CC)Oc5ccc(-c6ccc(Oc7ccc(C(=O)c8ccc(C(C)(CC)CC)cc8)cc7)cc6)cc5)cc4)cc3)cc2)cc1. The molecule has 0 aliphatic heterocycles. The first kappa shape index (κ1) is 55.9. The normalized spacial score (nSPS) is 12.6. The molecule has 8 aromatic rings. The van der Waals surface area contributed by atoms with E-state index in [4.69, 9.17) is 18.9 Å². The lowest BCUT2D eigenvalue weighted by atomic mass is 9.63. The highest BCUT2D eigenvalue weighted by Crippen LogP contribution is 2.47. The molecule has 7 heteroatoms. The number of benzene rings is 8. The number of ketones is 2. The maximum absolute atomic E-state index is 13.8. The zero-order chi connectivity index (χ0) is 54.8. The second kappa shape index (κ2) is 24.3. The molecule has 6 nitrogen and oxygen atoms in total. The largest absolute Gasteiger partial charge is 0.488 e. The van der Waals surface area contributed by atoms with E-state index in [9.17, 15) is 9.59 Å². The molecule has 0 radical (unpaired) electrons. The summed E-state index contributed by atoms with van der Waals surface area (Å²) >= 11 is 1.68. The van der Waals surface area contributed by atoms with Crippen molar-refractivity contribution in [3.8, 4) is 45.6 Å². The molecule has 1 unspecified atom stereocenters. The van der Waals surface area contributed by atoms with E-state index in [0.29, 0.717) is 39.5 Å². The van der Waals surface area contributed by atoms with E-state index in [2.05, 4.69) is 130 Å². The fraction of sp³-hybridized carbons (Fsp3) is 0.286. The van der Waals surface area contributed by atoms with E-state index < -0.39 is 5.60 Å².